The summed E-state index contributed by atoms with van der Waals surface area (Å²) < 4.78 is 18.3. The molecule has 1 atom stereocenters. The van der Waals surface area contributed by atoms with Crippen molar-refractivity contribution in [3.63, 3.8) is 0 Å². The van der Waals surface area contributed by atoms with Crippen LogP contribution in [0.25, 0.3) is 5.70 Å². The predicted octanol–water partition coefficient (Wildman–Crippen LogP) is 5.82. The number of anilines is 1. The molecule has 1 aliphatic rings. The smallest absolute Gasteiger partial charge is 0.255 e. The molecule has 0 radical (unpaired) electrons. The Balaban J connectivity index is 0.000000391. The topological polar surface area (TPSA) is 191 Å². The van der Waals surface area contributed by atoms with Crippen LogP contribution in [0.1, 0.15) is 95.8 Å². The molecule has 2 aromatic carbocycles. The Hall–Kier alpha value is -6.25. The number of allylic oxidation sites excluding steroid dienone is 4. The molecule has 3 aromatic rings. The van der Waals surface area contributed by atoms with Crippen LogP contribution in [0.2, 0.25) is 0 Å². The summed E-state index contributed by atoms with van der Waals surface area (Å²) in [4.78, 5) is 60.6. The lowest BCUT2D eigenvalue weighted by atomic mass is 9.87. The van der Waals surface area contributed by atoms with Crippen molar-refractivity contribution in [3.05, 3.63) is 94.7 Å². The van der Waals surface area contributed by atoms with Crippen LogP contribution in [0.4, 0.5) is 5.69 Å². The zero-order valence-corrected chi connectivity index (χ0v) is 33.3. The highest BCUT2D eigenvalue weighted by Gasteiger charge is 2.33. The van der Waals surface area contributed by atoms with Crippen LogP contribution in [-0.4, -0.2) is 95.8 Å². The Bertz CT molecular complexity index is 1960. The molecule has 0 bridgehead atoms. The largest absolute Gasteiger partial charge is 0.513 e. The van der Waals surface area contributed by atoms with E-state index in [2.05, 4.69) is 53.8 Å². The van der Waals surface area contributed by atoms with E-state index in [4.69, 9.17) is 14.2 Å². The van der Waals surface area contributed by atoms with E-state index in [1.807, 2.05) is 20.0 Å². The number of methoxy groups -OCH3 is 1. The summed E-state index contributed by atoms with van der Waals surface area (Å²) in [6.45, 7) is 10.9. The monoisotopic (exact) mass is 772 g/mol. The van der Waals surface area contributed by atoms with Crippen molar-refractivity contribution in [1.82, 2.24) is 25.2 Å². The van der Waals surface area contributed by atoms with E-state index in [0.717, 1.165) is 24.1 Å². The number of aliphatic hydroxyl groups excluding tert-OH is 1. The van der Waals surface area contributed by atoms with E-state index in [1.54, 1.807) is 37.3 Å². The molecule has 1 fully saturated rings. The summed E-state index contributed by atoms with van der Waals surface area (Å²) in [5, 5.41) is 22.1. The molecule has 1 aromatic heterocycles. The van der Waals surface area contributed by atoms with Gasteiger partial charge in [0.15, 0.2) is 12.6 Å². The number of hydrogen-bond donors (Lipinski definition) is 3. The Morgan fingerprint density at radius 2 is 1.79 bits per heavy atom. The quantitative estimate of drug-likeness (QED) is 0.0521. The summed E-state index contributed by atoms with van der Waals surface area (Å²) in [6, 6.07) is 10.2. The van der Waals surface area contributed by atoms with Crippen LogP contribution >= 0.6 is 0 Å². The second-order valence-electron chi connectivity index (χ2n) is 13.7. The highest BCUT2D eigenvalue weighted by molar-refractivity contribution is 6.06. The minimum atomic E-state index is -0.780. The van der Waals surface area contributed by atoms with Gasteiger partial charge in [-0.3, -0.25) is 29.3 Å². The Kier molecular flexibility index (Phi) is 16.6. The van der Waals surface area contributed by atoms with E-state index in [0.29, 0.717) is 55.1 Å². The first-order valence-corrected chi connectivity index (χ1v) is 18.1. The molecule has 4 rings (SSSR count). The van der Waals surface area contributed by atoms with E-state index < -0.39 is 17.9 Å². The average molecular weight is 773 g/mol. The van der Waals surface area contributed by atoms with Crippen LogP contribution in [0, 0.1) is 6.92 Å². The summed E-state index contributed by atoms with van der Waals surface area (Å²) in [5.74, 6) is 0.266. The zero-order chi connectivity index (χ0) is 41.4. The van der Waals surface area contributed by atoms with Crippen LogP contribution in [0.5, 0.6) is 11.5 Å². The van der Waals surface area contributed by atoms with Gasteiger partial charge < -0.3 is 29.5 Å². The lowest BCUT2D eigenvalue weighted by molar-refractivity contribution is -0.136. The SMILES string of the molecule is CNc1cc(C(C)(C)C)ccc1OCCCCOc1cccc(C(=O)N(C)C2CCC(=O)NC2=O)c1C=O.C\C=C/C(=C\C(=C\O)n1nnc(C=O)c1C)OC. The van der Waals surface area contributed by atoms with Crippen LogP contribution < -0.4 is 20.1 Å². The number of piperidine rings is 1. The number of hydrogen-bond acceptors (Lipinski definition) is 12. The predicted molar refractivity (Wildman–Crippen MR) is 212 cm³/mol. The van der Waals surface area contributed by atoms with Gasteiger partial charge in [0, 0.05) is 26.6 Å². The van der Waals surface area contributed by atoms with Crippen molar-refractivity contribution in [2.75, 3.05) is 39.7 Å². The third kappa shape index (κ3) is 11.6. The molecule has 15 nitrogen and oxygen atoms in total. The molecule has 1 unspecified atom stereocenters. The van der Waals surface area contributed by atoms with E-state index in [1.165, 1.54) is 35.4 Å². The molecule has 1 saturated heterocycles. The first-order valence-electron chi connectivity index (χ1n) is 18.1. The Morgan fingerprint density at radius 1 is 1.09 bits per heavy atom. The summed E-state index contributed by atoms with van der Waals surface area (Å²) in [6.07, 6.45) is 8.99. The van der Waals surface area contributed by atoms with Crippen LogP contribution in [-0.2, 0) is 19.7 Å². The van der Waals surface area contributed by atoms with Crippen molar-refractivity contribution in [2.24, 2.45) is 0 Å². The maximum absolute atomic E-state index is 13.1. The van der Waals surface area contributed by atoms with Gasteiger partial charge in [-0.05, 0) is 74.4 Å². The number of aromatic nitrogens is 3. The van der Waals surface area contributed by atoms with Crippen molar-refractivity contribution in [3.8, 4) is 11.5 Å². The number of benzene rings is 2. The number of ether oxygens (including phenoxy) is 3. The van der Waals surface area contributed by atoms with Crippen LogP contribution in [0.15, 0.2) is 66.6 Å². The number of rotatable bonds is 16. The molecule has 2 heterocycles. The number of imide groups is 1. The van der Waals surface area contributed by atoms with Crippen molar-refractivity contribution < 1.29 is 43.3 Å². The maximum atomic E-state index is 13.1. The molecular formula is C41H52N6O9. The minimum absolute atomic E-state index is 0.0457. The lowest BCUT2D eigenvalue weighted by Gasteiger charge is -2.30. The number of carbonyl (C=O) groups is 5. The fourth-order valence-electron chi connectivity index (χ4n) is 5.58. The maximum Gasteiger partial charge on any atom is 0.255 e. The summed E-state index contributed by atoms with van der Waals surface area (Å²) in [7, 11) is 4.88. The van der Waals surface area contributed by atoms with E-state index in [-0.39, 0.29) is 41.0 Å². The van der Waals surface area contributed by atoms with E-state index >= 15 is 0 Å². The normalized spacial score (nSPS) is 14.7. The van der Waals surface area contributed by atoms with Crippen molar-refractivity contribution in [1.29, 1.82) is 0 Å². The molecule has 56 heavy (non-hydrogen) atoms. The van der Waals surface area contributed by atoms with Gasteiger partial charge in [0.05, 0.1) is 42.8 Å². The Morgan fingerprint density at radius 3 is 2.34 bits per heavy atom. The molecule has 0 aliphatic carbocycles. The third-order valence-corrected chi connectivity index (χ3v) is 8.86. The van der Waals surface area contributed by atoms with Gasteiger partial charge in [-0.1, -0.05) is 44.2 Å². The number of nitrogens with one attached hydrogen (secondary N) is 2. The standard InChI is InChI=1S/C29H37N3O6.C12H15N3O3/c1-29(2,3)19-11-13-25(22(17-19)30-4)38-16-7-6-15-37-24-10-8-9-20(21(24)18-33)28(36)32(5)23-12-14-26(34)31-27(23)35;1-4-5-11(18-3)6-10(7-16)15-9(2)12(8-17)13-14-15/h8-11,13,17-18,23,30H,6-7,12,14-16H2,1-5H3,(H,31,34,35);4-8,16H,1-3H3/b;5-4-,10-7-,11-6+. The van der Waals surface area contributed by atoms with Gasteiger partial charge in [0.25, 0.3) is 5.91 Å². The third-order valence-electron chi connectivity index (χ3n) is 8.86. The number of amides is 3. The number of nitrogens with zero attached hydrogens (tertiary/aromatic N) is 4. The molecule has 3 N–H and O–H groups in total. The number of unbranched alkanes of at least 4 members (excludes halogenated alkanes) is 1. The summed E-state index contributed by atoms with van der Waals surface area (Å²) in [5.41, 5.74) is 3.60. The fourth-order valence-corrected chi connectivity index (χ4v) is 5.58. The highest BCUT2D eigenvalue weighted by atomic mass is 16.5. The highest BCUT2D eigenvalue weighted by Crippen LogP contribution is 2.31. The molecule has 1 aliphatic heterocycles. The minimum Gasteiger partial charge on any atom is -0.513 e. The number of aldehydes is 2. The average Bonchev–Trinajstić information content (AvgIpc) is 3.56. The number of aliphatic hydroxyl groups is 1. The van der Waals surface area contributed by atoms with Crippen molar-refractivity contribution >= 4 is 41.7 Å². The number of likely N-dealkylation sites (N-methyl/N-ethyl adjacent to an activating group) is 1. The summed E-state index contributed by atoms with van der Waals surface area (Å²) >= 11 is 0. The van der Waals surface area contributed by atoms with Gasteiger partial charge in [-0.15, -0.1) is 5.10 Å². The molecular weight excluding hydrogens is 720 g/mol. The van der Waals surface area contributed by atoms with Crippen LogP contribution in [0.3, 0.4) is 0 Å². The molecule has 0 spiro atoms. The first-order chi connectivity index (χ1) is 26.7. The van der Waals surface area contributed by atoms with Gasteiger partial charge in [-0.25, -0.2) is 4.68 Å². The lowest BCUT2D eigenvalue weighted by Crippen LogP contribution is -2.53. The molecule has 3 amide bonds. The van der Waals surface area contributed by atoms with Crippen molar-refractivity contribution in [2.45, 2.75) is 71.8 Å². The second kappa shape index (κ2) is 21.0. The zero-order valence-electron chi connectivity index (χ0n) is 33.3. The van der Waals surface area contributed by atoms with Gasteiger partial charge in [0.1, 0.15) is 41.0 Å². The molecule has 300 valence electrons. The fraction of sp³-hybridized carbons (Fsp3) is 0.390. The second-order valence-corrected chi connectivity index (χ2v) is 13.7. The Labute approximate surface area is 327 Å². The molecule has 0 saturated carbocycles. The van der Waals surface area contributed by atoms with Gasteiger partial charge >= 0.3 is 0 Å². The number of carbonyl (C=O) groups excluding carboxylic acids is 5. The first kappa shape index (κ1) is 44.1. The van der Waals surface area contributed by atoms with E-state index in [9.17, 15) is 29.1 Å². The molecule has 15 heteroatoms. The van der Waals surface area contributed by atoms with Gasteiger partial charge in [0.2, 0.25) is 11.8 Å². The van der Waals surface area contributed by atoms with Gasteiger partial charge in [-0.2, -0.15) is 0 Å².